The van der Waals surface area contributed by atoms with E-state index in [0.29, 0.717) is 36.2 Å². The van der Waals surface area contributed by atoms with Crippen molar-refractivity contribution >= 4 is 11.6 Å². The first-order chi connectivity index (χ1) is 17.4. The van der Waals surface area contributed by atoms with Gasteiger partial charge < -0.3 is 29.0 Å². The molecule has 1 amide bonds. The lowest BCUT2D eigenvalue weighted by Gasteiger charge is -2.18. The average Bonchev–Trinajstić information content (AvgIpc) is 2.89. The molecule has 0 aliphatic rings. The number of nitro groups is 1. The number of nitrogens with one attached hydrogen (secondary N) is 1. The molecule has 1 N–H and O–H groups in total. The lowest BCUT2D eigenvalue weighted by Crippen LogP contribution is -2.27. The van der Waals surface area contributed by atoms with Crippen molar-refractivity contribution in [3.05, 3.63) is 81.9 Å². The Kier molecular flexibility index (Phi) is 9.07. The van der Waals surface area contributed by atoms with Crippen LogP contribution >= 0.6 is 0 Å². The summed E-state index contributed by atoms with van der Waals surface area (Å²) in [6.07, 6.45) is 0. The fourth-order valence-corrected chi connectivity index (χ4v) is 3.33. The molecule has 0 radical (unpaired) electrons. The van der Waals surface area contributed by atoms with Gasteiger partial charge in [0.1, 0.15) is 23.9 Å². The first-order valence-corrected chi connectivity index (χ1v) is 11.1. The molecule has 0 spiro atoms. The lowest BCUT2D eigenvalue weighted by molar-refractivity contribution is -0.384. The second-order valence-corrected chi connectivity index (χ2v) is 7.66. The number of hydrogen-bond donors (Lipinski definition) is 1. The van der Waals surface area contributed by atoms with Gasteiger partial charge in [0.2, 0.25) is 0 Å². The topological polar surface area (TPSA) is 118 Å². The summed E-state index contributed by atoms with van der Waals surface area (Å²) >= 11 is 0. The number of hydrogen-bond acceptors (Lipinski definition) is 8. The number of benzene rings is 3. The van der Waals surface area contributed by atoms with E-state index in [-0.39, 0.29) is 17.0 Å². The number of nitrogens with zero attached hydrogens (tertiary/aromatic N) is 1. The third kappa shape index (κ3) is 6.63. The Morgan fingerprint density at radius 1 is 0.889 bits per heavy atom. The van der Waals surface area contributed by atoms with Crippen molar-refractivity contribution in [3.63, 3.8) is 0 Å². The molecular weight excluding hydrogens is 468 g/mol. The van der Waals surface area contributed by atoms with Gasteiger partial charge in [0.25, 0.3) is 11.6 Å². The molecule has 0 bridgehead atoms. The summed E-state index contributed by atoms with van der Waals surface area (Å²) in [4.78, 5) is 24.0. The molecule has 0 saturated carbocycles. The van der Waals surface area contributed by atoms with Crippen molar-refractivity contribution in [3.8, 4) is 28.7 Å². The van der Waals surface area contributed by atoms with Crippen molar-refractivity contribution in [1.29, 1.82) is 0 Å². The van der Waals surface area contributed by atoms with Crippen LogP contribution in [0.15, 0.2) is 60.7 Å². The van der Waals surface area contributed by atoms with Crippen molar-refractivity contribution in [2.24, 2.45) is 0 Å². The summed E-state index contributed by atoms with van der Waals surface area (Å²) in [6.45, 7) is 2.59. The van der Waals surface area contributed by atoms with E-state index in [1.165, 1.54) is 25.3 Å². The molecule has 0 aliphatic heterocycles. The molecule has 10 nitrogen and oxygen atoms in total. The van der Waals surface area contributed by atoms with Crippen molar-refractivity contribution in [1.82, 2.24) is 5.32 Å². The zero-order valence-corrected chi connectivity index (χ0v) is 20.5. The van der Waals surface area contributed by atoms with E-state index >= 15 is 0 Å². The zero-order chi connectivity index (χ0) is 26.1. The molecule has 0 fully saturated rings. The number of rotatable bonds is 12. The normalized spacial score (nSPS) is 11.3. The number of ether oxygens (including phenoxy) is 5. The molecule has 36 heavy (non-hydrogen) atoms. The summed E-state index contributed by atoms with van der Waals surface area (Å²) in [5, 5.41) is 14.2. The van der Waals surface area contributed by atoms with Crippen LogP contribution in [-0.2, 0) is 4.74 Å². The highest BCUT2D eigenvalue weighted by atomic mass is 16.6. The molecular formula is C26H28N2O8. The average molecular weight is 497 g/mol. The van der Waals surface area contributed by atoms with Crippen LogP contribution in [0.3, 0.4) is 0 Å². The summed E-state index contributed by atoms with van der Waals surface area (Å²) in [5.74, 6) is 1.78. The smallest absolute Gasteiger partial charge is 0.270 e. The van der Waals surface area contributed by atoms with Gasteiger partial charge in [0.15, 0.2) is 11.5 Å². The van der Waals surface area contributed by atoms with Gasteiger partial charge in [0, 0.05) is 19.2 Å². The maximum atomic E-state index is 13.2. The highest BCUT2D eigenvalue weighted by molar-refractivity contribution is 5.98. The first kappa shape index (κ1) is 26.3. The molecule has 1 unspecified atom stereocenters. The van der Waals surface area contributed by atoms with E-state index in [0.717, 1.165) is 5.56 Å². The number of nitro benzene ring substituents is 1. The summed E-state index contributed by atoms with van der Waals surface area (Å²) < 4.78 is 27.1. The van der Waals surface area contributed by atoms with Gasteiger partial charge in [-0.3, -0.25) is 14.9 Å². The van der Waals surface area contributed by atoms with Gasteiger partial charge >= 0.3 is 0 Å². The first-order valence-electron chi connectivity index (χ1n) is 11.1. The molecule has 0 heterocycles. The van der Waals surface area contributed by atoms with Crippen LogP contribution in [0, 0.1) is 10.1 Å². The van der Waals surface area contributed by atoms with Crippen LogP contribution in [0.2, 0.25) is 0 Å². The number of carbonyl (C=O) groups excluding carboxylic acids is 1. The molecule has 0 aromatic heterocycles. The molecule has 3 rings (SSSR count). The lowest BCUT2D eigenvalue weighted by atomic mass is 10.1. The Hall–Kier alpha value is -4.31. The summed E-state index contributed by atoms with van der Waals surface area (Å²) in [6, 6.07) is 15.5. The third-order valence-electron chi connectivity index (χ3n) is 5.29. The fourth-order valence-electron chi connectivity index (χ4n) is 3.33. The Bertz CT molecular complexity index is 1200. The minimum absolute atomic E-state index is 0.0263. The largest absolute Gasteiger partial charge is 0.497 e. The van der Waals surface area contributed by atoms with Gasteiger partial charge in [0.05, 0.1) is 37.4 Å². The minimum Gasteiger partial charge on any atom is -0.497 e. The van der Waals surface area contributed by atoms with Gasteiger partial charge in [-0.25, -0.2) is 0 Å². The number of methoxy groups -OCH3 is 3. The molecule has 0 saturated heterocycles. The number of amides is 1. The third-order valence-corrected chi connectivity index (χ3v) is 5.29. The number of carbonyl (C=O) groups is 1. The van der Waals surface area contributed by atoms with Gasteiger partial charge in [-0.1, -0.05) is 6.07 Å². The Labute approximate surface area is 208 Å². The van der Waals surface area contributed by atoms with Crippen LogP contribution in [0.1, 0.15) is 28.9 Å². The molecule has 10 heteroatoms. The van der Waals surface area contributed by atoms with E-state index in [1.807, 2.05) is 0 Å². The summed E-state index contributed by atoms with van der Waals surface area (Å²) in [7, 11) is 4.66. The predicted octanol–water partition coefficient (Wildman–Crippen LogP) is 4.92. The fraction of sp³-hybridized carbons (Fsp3) is 0.269. The highest BCUT2D eigenvalue weighted by Crippen LogP contribution is 2.32. The molecule has 3 aromatic carbocycles. The second-order valence-electron chi connectivity index (χ2n) is 7.66. The van der Waals surface area contributed by atoms with E-state index in [2.05, 4.69) is 5.32 Å². The molecule has 190 valence electrons. The maximum absolute atomic E-state index is 13.2. The van der Waals surface area contributed by atoms with Gasteiger partial charge in [-0.05, 0) is 55.0 Å². The van der Waals surface area contributed by atoms with Gasteiger partial charge in [-0.15, -0.1) is 0 Å². The molecule has 1 atom stereocenters. The van der Waals surface area contributed by atoms with Gasteiger partial charge in [-0.2, -0.15) is 0 Å². The van der Waals surface area contributed by atoms with Crippen LogP contribution in [0.25, 0.3) is 0 Å². The van der Waals surface area contributed by atoms with Crippen molar-refractivity contribution in [2.75, 3.05) is 34.5 Å². The zero-order valence-electron chi connectivity index (χ0n) is 20.5. The number of non-ortho nitro benzene ring substituents is 1. The predicted molar refractivity (Wildman–Crippen MR) is 132 cm³/mol. The molecule has 3 aromatic rings. The Balaban J connectivity index is 1.82. The van der Waals surface area contributed by atoms with Crippen molar-refractivity contribution in [2.45, 2.75) is 13.0 Å². The van der Waals surface area contributed by atoms with E-state index < -0.39 is 16.9 Å². The van der Waals surface area contributed by atoms with E-state index in [1.54, 1.807) is 63.6 Å². The monoisotopic (exact) mass is 496 g/mol. The van der Waals surface area contributed by atoms with Crippen LogP contribution in [-0.4, -0.2) is 45.4 Å². The van der Waals surface area contributed by atoms with Crippen LogP contribution in [0.5, 0.6) is 28.7 Å². The Morgan fingerprint density at radius 2 is 1.58 bits per heavy atom. The Morgan fingerprint density at radius 3 is 2.22 bits per heavy atom. The SMILES string of the molecule is COCCOc1ccc(C(C)NC(=O)c2cc([N+](=O)[O-])ccc2Oc2ccc(OC)cc2)cc1OC. The van der Waals surface area contributed by atoms with E-state index in [9.17, 15) is 14.9 Å². The van der Waals surface area contributed by atoms with Crippen LogP contribution < -0.4 is 24.3 Å². The summed E-state index contributed by atoms with van der Waals surface area (Å²) in [5.41, 5.74) is 0.551. The standard InChI is InChI=1S/C26H28N2O8/c1-17(18-5-11-24(25(15-18)34-4)35-14-13-32-2)27-26(29)22-16-19(28(30)31)6-12-23(22)36-21-9-7-20(33-3)8-10-21/h5-12,15-17H,13-14H2,1-4H3,(H,27,29). The quantitative estimate of drug-likeness (QED) is 0.213. The molecule has 0 aliphatic carbocycles. The maximum Gasteiger partial charge on any atom is 0.270 e. The minimum atomic E-state index is -0.565. The highest BCUT2D eigenvalue weighted by Gasteiger charge is 2.21. The van der Waals surface area contributed by atoms with Crippen LogP contribution in [0.4, 0.5) is 5.69 Å². The van der Waals surface area contributed by atoms with E-state index in [4.69, 9.17) is 23.7 Å². The van der Waals surface area contributed by atoms with Crippen molar-refractivity contribution < 1.29 is 33.4 Å². The second kappa shape index (κ2) is 12.4.